The van der Waals surface area contributed by atoms with E-state index >= 15 is 0 Å². The van der Waals surface area contributed by atoms with Crippen molar-refractivity contribution < 1.29 is 9.90 Å². The van der Waals surface area contributed by atoms with Gasteiger partial charge in [-0.3, -0.25) is 10.1 Å². The van der Waals surface area contributed by atoms with E-state index in [1.54, 1.807) is 0 Å². The number of nitrogens with two attached hydrogens (primary N) is 1. The number of unbranched alkanes of at least 4 members (excludes halogenated alkanes) is 5. The lowest BCUT2D eigenvalue weighted by atomic mass is 10.0. The highest BCUT2D eigenvalue weighted by Gasteiger charge is 2.13. The van der Waals surface area contributed by atoms with Crippen molar-refractivity contribution in [3.63, 3.8) is 0 Å². The molecule has 4 N–H and O–H groups in total. The number of hydrogen-bond acceptors (Lipinski definition) is 4. The monoisotopic (exact) mass is 347 g/mol. The lowest BCUT2D eigenvalue weighted by Crippen LogP contribution is -2.32. The second-order valence-corrected chi connectivity index (χ2v) is 6.51. The molecule has 1 atom stereocenters. The fraction of sp³-hybridized carbons (Fsp3) is 0.600. The molecular formula is C20H33N3O2. The van der Waals surface area contributed by atoms with Crippen molar-refractivity contribution in [2.24, 2.45) is 10.7 Å². The molecule has 5 nitrogen and oxygen atoms in total. The van der Waals surface area contributed by atoms with E-state index < -0.39 is 5.97 Å². The molecule has 0 aromatic heterocycles. The number of amidine groups is 1. The van der Waals surface area contributed by atoms with Gasteiger partial charge in [-0.15, -0.1) is 0 Å². The van der Waals surface area contributed by atoms with Gasteiger partial charge in [-0.2, -0.15) is 0 Å². The average Bonchev–Trinajstić information content (AvgIpc) is 2.58. The van der Waals surface area contributed by atoms with Gasteiger partial charge in [-0.25, -0.2) is 4.99 Å². The lowest BCUT2D eigenvalue weighted by molar-refractivity contribution is -0.134. The molecule has 1 aliphatic rings. The highest BCUT2D eigenvalue weighted by molar-refractivity contribution is 5.81. The van der Waals surface area contributed by atoms with Crippen LogP contribution in [-0.4, -0.2) is 23.5 Å². The Kier molecular flexibility index (Phi) is 10.6. The van der Waals surface area contributed by atoms with E-state index in [4.69, 9.17) is 15.6 Å². The van der Waals surface area contributed by atoms with Crippen LogP contribution in [0.25, 0.3) is 0 Å². The van der Waals surface area contributed by atoms with E-state index in [1.807, 2.05) is 0 Å². The summed E-state index contributed by atoms with van der Waals surface area (Å²) < 4.78 is 0. The van der Waals surface area contributed by atoms with Gasteiger partial charge >= 0.3 is 0 Å². The largest absolute Gasteiger partial charge is 0.481 e. The minimum absolute atomic E-state index is 0.0434. The van der Waals surface area contributed by atoms with E-state index in [1.165, 1.54) is 56.1 Å². The first-order chi connectivity index (χ1) is 12.0. The Labute approximate surface area is 151 Å². The van der Waals surface area contributed by atoms with E-state index in [2.05, 4.69) is 41.5 Å². The molecule has 0 amide bonds. The Bertz CT molecular complexity index is 522. The maximum Gasteiger partial charge on any atom is 0.300 e. The third-order valence-electron chi connectivity index (χ3n) is 4.13. The maximum absolute atomic E-state index is 9.00. The van der Waals surface area contributed by atoms with Crippen molar-refractivity contribution in [1.29, 1.82) is 0 Å². The van der Waals surface area contributed by atoms with Gasteiger partial charge in [0.15, 0.2) is 0 Å². The second-order valence-electron chi connectivity index (χ2n) is 6.51. The van der Waals surface area contributed by atoms with Gasteiger partial charge in [0.25, 0.3) is 5.97 Å². The second kappa shape index (κ2) is 12.5. The smallest absolute Gasteiger partial charge is 0.300 e. The van der Waals surface area contributed by atoms with Crippen LogP contribution < -0.4 is 11.1 Å². The van der Waals surface area contributed by atoms with Crippen molar-refractivity contribution in [1.82, 2.24) is 5.32 Å². The lowest BCUT2D eigenvalue weighted by Gasteiger charge is -2.20. The SMILES string of the molecule is CC(=O)O.CCCCCCCCc1ccc(C2N=C(N)CCN2)cc1. The van der Waals surface area contributed by atoms with Gasteiger partial charge in [-0.1, -0.05) is 63.3 Å². The van der Waals surface area contributed by atoms with Crippen molar-refractivity contribution in [3.8, 4) is 0 Å². The fourth-order valence-electron chi connectivity index (χ4n) is 2.78. The molecule has 140 valence electrons. The Hall–Kier alpha value is -1.88. The van der Waals surface area contributed by atoms with Crippen LogP contribution in [0.5, 0.6) is 0 Å². The molecule has 0 saturated carbocycles. The Morgan fingerprint density at radius 1 is 1.20 bits per heavy atom. The standard InChI is InChI=1S/C18H29N3.C2H4O2/c1-2-3-4-5-6-7-8-15-9-11-16(12-10-15)18-20-14-13-17(19)21-18;1-2(3)4/h9-12,18,20H,2-8,13-14H2,1H3,(H2,19,21);1H3,(H,3,4). The van der Waals surface area contributed by atoms with Crippen LogP contribution in [0.15, 0.2) is 29.3 Å². The topological polar surface area (TPSA) is 87.7 Å². The molecule has 1 unspecified atom stereocenters. The molecule has 25 heavy (non-hydrogen) atoms. The maximum atomic E-state index is 9.00. The van der Waals surface area contributed by atoms with Gasteiger partial charge in [0, 0.05) is 19.9 Å². The Balaban J connectivity index is 0.000000705. The van der Waals surface area contributed by atoms with Crippen molar-refractivity contribution in [3.05, 3.63) is 35.4 Å². The van der Waals surface area contributed by atoms with Crippen LogP contribution >= 0.6 is 0 Å². The first-order valence-corrected chi connectivity index (χ1v) is 9.36. The fourth-order valence-corrected chi connectivity index (χ4v) is 2.78. The molecule has 1 aliphatic heterocycles. The van der Waals surface area contributed by atoms with Crippen LogP contribution in [0, 0.1) is 0 Å². The zero-order valence-electron chi connectivity index (χ0n) is 15.6. The van der Waals surface area contributed by atoms with E-state index in [0.717, 1.165) is 25.7 Å². The molecule has 1 aromatic rings. The highest BCUT2D eigenvalue weighted by Crippen LogP contribution is 2.19. The summed E-state index contributed by atoms with van der Waals surface area (Å²) >= 11 is 0. The number of nitrogens with zero attached hydrogens (tertiary/aromatic N) is 1. The molecule has 2 rings (SSSR count). The van der Waals surface area contributed by atoms with Crippen LogP contribution in [0.1, 0.15) is 76.1 Å². The first-order valence-electron chi connectivity index (χ1n) is 9.36. The third-order valence-corrected chi connectivity index (χ3v) is 4.13. The summed E-state index contributed by atoms with van der Waals surface area (Å²) in [6.07, 6.45) is 10.2. The summed E-state index contributed by atoms with van der Waals surface area (Å²) in [5, 5.41) is 10.8. The number of aryl methyl sites for hydroxylation is 1. The molecule has 0 saturated heterocycles. The van der Waals surface area contributed by atoms with Crippen molar-refractivity contribution >= 4 is 11.8 Å². The molecule has 5 heteroatoms. The molecule has 0 fully saturated rings. The summed E-state index contributed by atoms with van der Waals surface area (Å²) in [7, 11) is 0. The summed E-state index contributed by atoms with van der Waals surface area (Å²) in [4.78, 5) is 13.5. The van der Waals surface area contributed by atoms with Crippen molar-refractivity contribution in [2.45, 2.75) is 71.4 Å². The molecule has 0 aliphatic carbocycles. The Morgan fingerprint density at radius 2 is 1.80 bits per heavy atom. The van der Waals surface area contributed by atoms with Gasteiger partial charge in [0.2, 0.25) is 0 Å². The minimum atomic E-state index is -0.833. The third kappa shape index (κ3) is 9.87. The van der Waals surface area contributed by atoms with Crippen LogP contribution in [0.4, 0.5) is 0 Å². The van der Waals surface area contributed by atoms with Crippen LogP contribution in [0.2, 0.25) is 0 Å². The zero-order valence-corrected chi connectivity index (χ0v) is 15.6. The predicted octanol–water partition coefficient (Wildman–Crippen LogP) is 4.03. The number of hydrogen-bond donors (Lipinski definition) is 3. The normalized spacial score (nSPS) is 16.6. The van der Waals surface area contributed by atoms with Crippen LogP contribution in [0.3, 0.4) is 0 Å². The van der Waals surface area contributed by atoms with E-state index in [0.29, 0.717) is 0 Å². The van der Waals surface area contributed by atoms with Gasteiger partial charge in [-0.05, 0) is 24.0 Å². The van der Waals surface area contributed by atoms with Gasteiger partial charge in [0.05, 0.1) is 5.84 Å². The molecule has 1 heterocycles. The zero-order chi connectivity index (χ0) is 18.5. The molecule has 1 aromatic carbocycles. The quantitative estimate of drug-likeness (QED) is 0.620. The van der Waals surface area contributed by atoms with Crippen molar-refractivity contribution in [2.75, 3.05) is 6.54 Å². The number of benzene rings is 1. The first kappa shape index (κ1) is 21.2. The van der Waals surface area contributed by atoms with Gasteiger partial charge in [0.1, 0.15) is 6.17 Å². The summed E-state index contributed by atoms with van der Waals surface area (Å²) in [6.45, 7) is 4.26. The van der Waals surface area contributed by atoms with E-state index in [9.17, 15) is 0 Å². The molecule has 0 bridgehead atoms. The number of carboxylic acid groups (broad SMARTS) is 1. The number of carbonyl (C=O) groups is 1. The molecular weight excluding hydrogens is 314 g/mol. The summed E-state index contributed by atoms with van der Waals surface area (Å²) in [6, 6.07) is 8.85. The van der Waals surface area contributed by atoms with Gasteiger partial charge < -0.3 is 10.8 Å². The molecule has 0 spiro atoms. The highest BCUT2D eigenvalue weighted by atomic mass is 16.4. The number of aliphatic carboxylic acids is 1. The number of rotatable bonds is 8. The van der Waals surface area contributed by atoms with E-state index in [-0.39, 0.29) is 6.17 Å². The van der Waals surface area contributed by atoms with Crippen LogP contribution in [-0.2, 0) is 11.2 Å². The summed E-state index contributed by atoms with van der Waals surface area (Å²) in [5.74, 6) is -0.0742. The Morgan fingerprint density at radius 3 is 2.40 bits per heavy atom. The summed E-state index contributed by atoms with van der Waals surface area (Å²) in [5.41, 5.74) is 8.46. The number of carboxylic acids is 1. The number of aliphatic imine (C=N–C) groups is 1. The molecule has 0 radical (unpaired) electrons. The number of nitrogens with one attached hydrogen (secondary N) is 1. The predicted molar refractivity (Wildman–Crippen MR) is 104 cm³/mol. The average molecular weight is 348 g/mol. The minimum Gasteiger partial charge on any atom is -0.481 e.